The van der Waals surface area contributed by atoms with Gasteiger partial charge in [0, 0.05) is 12.1 Å². The summed E-state index contributed by atoms with van der Waals surface area (Å²) < 4.78 is 13.4. The van der Waals surface area contributed by atoms with Crippen LogP contribution in [0.4, 0.5) is 4.39 Å². The highest BCUT2D eigenvalue weighted by Crippen LogP contribution is 2.27. The van der Waals surface area contributed by atoms with E-state index in [1.54, 1.807) is 0 Å². The van der Waals surface area contributed by atoms with Crippen molar-refractivity contribution in [1.82, 2.24) is 0 Å². The number of rotatable bonds is 2. The molecule has 0 radical (unpaired) electrons. The van der Waals surface area contributed by atoms with E-state index in [4.69, 9.17) is 5.73 Å². The molecule has 0 aromatic heterocycles. The highest BCUT2D eigenvalue weighted by atomic mass is 19.1. The molecule has 0 amide bonds. The SMILES string of the molecule is Cc1cc(C)c(-c2ccc(F)c(CN)c2)cc1C. The van der Waals surface area contributed by atoms with Gasteiger partial charge in [-0.05, 0) is 60.7 Å². The standard InChI is InChI=1S/C16H18FN/c1-10-6-12(3)15(7-11(10)2)13-4-5-16(17)14(8-13)9-18/h4-8H,9,18H2,1-3H3. The molecule has 18 heavy (non-hydrogen) atoms. The fourth-order valence-corrected chi connectivity index (χ4v) is 2.17. The quantitative estimate of drug-likeness (QED) is 0.851. The van der Waals surface area contributed by atoms with Crippen molar-refractivity contribution in [3.63, 3.8) is 0 Å². The number of aryl methyl sites for hydroxylation is 3. The summed E-state index contributed by atoms with van der Waals surface area (Å²) in [4.78, 5) is 0. The molecule has 94 valence electrons. The minimum Gasteiger partial charge on any atom is -0.326 e. The molecule has 0 heterocycles. The average molecular weight is 243 g/mol. The van der Waals surface area contributed by atoms with E-state index < -0.39 is 0 Å². The van der Waals surface area contributed by atoms with Gasteiger partial charge in [-0.1, -0.05) is 18.2 Å². The van der Waals surface area contributed by atoms with E-state index in [2.05, 4.69) is 32.9 Å². The third kappa shape index (κ3) is 2.29. The van der Waals surface area contributed by atoms with Gasteiger partial charge < -0.3 is 5.73 Å². The van der Waals surface area contributed by atoms with Gasteiger partial charge in [0.2, 0.25) is 0 Å². The molecule has 0 aliphatic heterocycles. The van der Waals surface area contributed by atoms with Gasteiger partial charge in [-0.3, -0.25) is 0 Å². The normalized spacial score (nSPS) is 10.7. The lowest BCUT2D eigenvalue weighted by atomic mass is 9.94. The summed E-state index contributed by atoms with van der Waals surface area (Å²) in [5.74, 6) is -0.234. The zero-order chi connectivity index (χ0) is 13.3. The smallest absolute Gasteiger partial charge is 0.127 e. The maximum atomic E-state index is 13.4. The molecular weight excluding hydrogens is 225 g/mol. The molecular formula is C16H18FN. The van der Waals surface area contributed by atoms with E-state index in [9.17, 15) is 4.39 Å². The molecule has 2 aromatic carbocycles. The summed E-state index contributed by atoms with van der Waals surface area (Å²) in [6, 6.07) is 9.46. The van der Waals surface area contributed by atoms with Crippen molar-refractivity contribution in [2.45, 2.75) is 27.3 Å². The number of hydrogen-bond acceptors (Lipinski definition) is 1. The van der Waals surface area contributed by atoms with E-state index in [-0.39, 0.29) is 12.4 Å². The molecule has 0 spiro atoms. The fourth-order valence-electron chi connectivity index (χ4n) is 2.17. The van der Waals surface area contributed by atoms with Gasteiger partial charge >= 0.3 is 0 Å². The summed E-state index contributed by atoms with van der Waals surface area (Å²) in [5.41, 5.74) is 12.0. The summed E-state index contributed by atoms with van der Waals surface area (Å²) >= 11 is 0. The van der Waals surface area contributed by atoms with Crippen molar-refractivity contribution in [1.29, 1.82) is 0 Å². The molecule has 2 N–H and O–H groups in total. The second kappa shape index (κ2) is 4.91. The average Bonchev–Trinajstić information content (AvgIpc) is 2.35. The second-order valence-electron chi connectivity index (χ2n) is 4.76. The van der Waals surface area contributed by atoms with Crippen LogP contribution in [0.3, 0.4) is 0 Å². The van der Waals surface area contributed by atoms with Crippen molar-refractivity contribution in [3.05, 3.63) is 58.4 Å². The third-order valence-corrected chi connectivity index (χ3v) is 3.42. The summed E-state index contributed by atoms with van der Waals surface area (Å²) in [7, 11) is 0. The Labute approximate surface area is 107 Å². The molecule has 0 aliphatic carbocycles. The highest BCUT2D eigenvalue weighted by Gasteiger charge is 2.07. The molecule has 1 nitrogen and oxygen atoms in total. The van der Waals surface area contributed by atoms with Crippen LogP contribution in [-0.4, -0.2) is 0 Å². The van der Waals surface area contributed by atoms with Crippen molar-refractivity contribution in [2.24, 2.45) is 5.73 Å². The van der Waals surface area contributed by atoms with Gasteiger partial charge in [-0.2, -0.15) is 0 Å². The Hall–Kier alpha value is -1.67. The molecule has 0 atom stereocenters. The van der Waals surface area contributed by atoms with Crippen LogP contribution in [0.5, 0.6) is 0 Å². The molecule has 0 fully saturated rings. The van der Waals surface area contributed by atoms with Gasteiger partial charge in [-0.15, -0.1) is 0 Å². The minimum absolute atomic E-state index is 0.226. The summed E-state index contributed by atoms with van der Waals surface area (Å²) in [5, 5.41) is 0. The first-order valence-corrected chi connectivity index (χ1v) is 6.09. The van der Waals surface area contributed by atoms with Crippen LogP contribution >= 0.6 is 0 Å². The third-order valence-electron chi connectivity index (χ3n) is 3.42. The first-order valence-electron chi connectivity index (χ1n) is 6.09. The molecule has 2 aromatic rings. The van der Waals surface area contributed by atoms with Crippen LogP contribution in [0.2, 0.25) is 0 Å². The van der Waals surface area contributed by atoms with E-state index in [1.807, 2.05) is 12.1 Å². The number of nitrogens with two attached hydrogens (primary N) is 1. The zero-order valence-electron chi connectivity index (χ0n) is 11.0. The van der Waals surface area contributed by atoms with Crippen molar-refractivity contribution >= 4 is 0 Å². The Kier molecular flexibility index (Phi) is 3.48. The van der Waals surface area contributed by atoms with Crippen LogP contribution in [-0.2, 0) is 6.54 Å². The number of hydrogen-bond donors (Lipinski definition) is 1. The Morgan fingerprint density at radius 2 is 1.61 bits per heavy atom. The lowest BCUT2D eigenvalue weighted by molar-refractivity contribution is 0.611. The molecule has 2 heteroatoms. The van der Waals surface area contributed by atoms with Gasteiger partial charge in [0.15, 0.2) is 0 Å². The van der Waals surface area contributed by atoms with Crippen molar-refractivity contribution < 1.29 is 4.39 Å². The van der Waals surface area contributed by atoms with E-state index in [1.165, 1.54) is 22.8 Å². The van der Waals surface area contributed by atoms with E-state index >= 15 is 0 Å². The van der Waals surface area contributed by atoms with Crippen LogP contribution < -0.4 is 5.73 Å². The predicted molar refractivity (Wildman–Crippen MR) is 73.9 cm³/mol. The molecule has 0 unspecified atom stereocenters. The molecule has 2 rings (SSSR count). The number of halogens is 1. The molecule has 0 saturated heterocycles. The van der Waals surface area contributed by atoms with Crippen molar-refractivity contribution in [3.8, 4) is 11.1 Å². The van der Waals surface area contributed by atoms with E-state index in [0.29, 0.717) is 5.56 Å². The van der Waals surface area contributed by atoms with Crippen LogP contribution in [0.15, 0.2) is 30.3 Å². The van der Waals surface area contributed by atoms with Gasteiger partial charge in [0.1, 0.15) is 5.82 Å². The topological polar surface area (TPSA) is 26.0 Å². The Morgan fingerprint density at radius 3 is 2.28 bits per heavy atom. The largest absolute Gasteiger partial charge is 0.326 e. The van der Waals surface area contributed by atoms with Crippen LogP contribution in [0, 0.1) is 26.6 Å². The summed E-state index contributed by atoms with van der Waals surface area (Å²) in [6.45, 7) is 6.49. The van der Waals surface area contributed by atoms with E-state index in [0.717, 1.165) is 11.1 Å². The highest BCUT2D eigenvalue weighted by molar-refractivity contribution is 5.69. The van der Waals surface area contributed by atoms with Gasteiger partial charge in [-0.25, -0.2) is 4.39 Å². The minimum atomic E-state index is -0.234. The Morgan fingerprint density at radius 1 is 0.944 bits per heavy atom. The second-order valence-corrected chi connectivity index (χ2v) is 4.76. The van der Waals surface area contributed by atoms with Crippen LogP contribution in [0.25, 0.3) is 11.1 Å². The Balaban J connectivity index is 2.58. The lowest BCUT2D eigenvalue weighted by Gasteiger charge is -2.11. The fraction of sp³-hybridized carbons (Fsp3) is 0.250. The van der Waals surface area contributed by atoms with Crippen molar-refractivity contribution in [2.75, 3.05) is 0 Å². The zero-order valence-corrected chi connectivity index (χ0v) is 11.0. The molecule has 0 bridgehead atoms. The number of benzene rings is 2. The predicted octanol–water partition coefficient (Wildman–Crippen LogP) is 3.88. The monoisotopic (exact) mass is 243 g/mol. The maximum Gasteiger partial charge on any atom is 0.127 e. The first kappa shape index (κ1) is 12.8. The van der Waals surface area contributed by atoms with Gasteiger partial charge in [0.05, 0.1) is 0 Å². The Bertz CT molecular complexity index is 588. The summed E-state index contributed by atoms with van der Waals surface area (Å²) in [6.07, 6.45) is 0. The van der Waals surface area contributed by atoms with Gasteiger partial charge in [0.25, 0.3) is 0 Å². The lowest BCUT2D eigenvalue weighted by Crippen LogP contribution is -2.00. The van der Waals surface area contributed by atoms with Crippen LogP contribution in [0.1, 0.15) is 22.3 Å². The first-order chi connectivity index (χ1) is 8.52. The molecule has 0 aliphatic rings. The molecule has 0 saturated carbocycles. The maximum absolute atomic E-state index is 13.4.